The number of aliphatic hydroxyl groups is 1. The fourth-order valence-electron chi connectivity index (χ4n) is 4.00. The second-order valence-electron chi connectivity index (χ2n) is 8.42. The zero-order valence-corrected chi connectivity index (χ0v) is 19.4. The lowest BCUT2D eigenvalue weighted by Gasteiger charge is -2.33. The Morgan fingerprint density at radius 1 is 1.06 bits per heavy atom. The lowest BCUT2D eigenvalue weighted by atomic mass is 9.95. The molecule has 174 valence electrons. The molecule has 0 saturated carbocycles. The van der Waals surface area contributed by atoms with Crippen molar-refractivity contribution < 1.29 is 14.7 Å². The number of unbranched alkanes of at least 4 members (excludes halogenated alkanes) is 1. The Kier molecular flexibility index (Phi) is 8.43. The third-order valence-corrected chi connectivity index (χ3v) is 5.65. The van der Waals surface area contributed by atoms with Gasteiger partial charge in [-0.25, -0.2) is 0 Å². The molecule has 2 aromatic carbocycles. The van der Waals surface area contributed by atoms with Crippen LogP contribution in [-0.4, -0.2) is 55.0 Å². The number of ketones is 1. The number of hydrogen-bond acceptors (Lipinski definition) is 6. The highest BCUT2D eigenvalue weighted by atomic mass is 16.3. The van der Waals surface area contributed by atoms with Gasteiger partial charge in [0.1, 0.15) is 6.61 Å². The number of nitrogens with zero attached hydrogens (tertiary/aromatic N) is 4. The topological polar surface area (TPSA) is 112 Å². The molecule has 0 saturated heterocycles. The van der Waals surface area contributed by atoms with Crippen molar-refractivity contribution in [3.8, 4) is 22.5 Å². The van der Waals surface area contributed by atoms with E-state index < -0.39 is 12.6 Å². The molecule has 0 radical (unpaired) electrons. The molecule has 3 aromatic rings. The molecule has 8 nitrogen and oxygen atoms in total. The van der Waals surface area contributed by atoms with Crippen molar-refractivity contribution in [3.63, 3.8) is 0 Å². The number of tetrazole rings is 1. The van der Waals surface area contributed by atoms with Crippen molar-refractivity contribution in [1.82, 2.24) is 25.5 Å². The van der Waals surface area contributed by atoms with Gasteiger partial charge in [-0.1, -0.05) is 75.7 Å². The van der Waals surface area contributed by atoms with Crippen LogP contribution >= 0.6 is 0 Å². The number of rotatable bonds is 11. The van der Waals surface area contributed by atoms with E-state index >= 15 is 0 Å². The van der Waals surface area contributed by atoms with Gasteiger partial charge < -0.3 is 10.0 Å². The molecule has 0 aliphatic heterocycles. The second kappa shape index (κ2) is 11.5. The van der Waals surface area contributed by atoms with E-state index in [1.54, 1.807) is 4.90 Å². The Morgan fingerprint density at radius 2 is 1.76 bits per heavy atom. The van der Waals surface area contributed by atoms with Crippen molar-refractivity contribution in [2.24, 2.45) is 5.92 Å². The molecular formula is C25H31N5O3. The van der Waals surface area contributed by atoms with Gasteiger partial charge in [0, 0.05) is 18.5 Å². The van der Waals surface area contributed by atoms with Gasteiger partial charge in [-0.3, -0.25) is 9.59 Å². The minimum atomic E-state index is -0.655. The average Bonchev–Trinajstić information content (AvgIpc) is 3.37. The smallest absolute Gasteiger partial charge is 0.223 e. The van der Waals surface area contributed by atoms with E-state index in [9.17, 15) is 14.7 Å². The van der Waals surface area contributed by atoms with E-state index in [0.29, 0.717) is 18.8 Å². The molecule has 3 rings (SSSR count). The van der Waals surface area contributed by atoms with Crippen molar-refractivity contribution in [3.05, 3.63) is 54.1 Å². The number of nitrogens with one attached hydrogen (secondary N) is 1. The molecule has 0 fully saturated rings. The number of carbonyl (C=O) groups is 2. The first-order chi connectivity index (χ1) is 16.0. The van der Waals surface area contributed by atoms with Crippen LogP contribution in [0, 0.1) is 5.92 Å². The maximum absolute atomic E-state index is 13.0. The minimum absolute atomic E-state index is 0.0659. The molecular weight excluding hydrogens is 418 g/mol. The summed E-state index contributed by atoms with van der Waals surface area (Å²) in [6.45, 7) is 5.56. The van der Waals surface area contributed by atoms with Gasteiger partial charge in [0.05, 0.1) is 6.04 Å². The maximum atomic E-state index is 13.0. The van der Waals surface area contributed by atoms with Crippen LogP contribution in [0.15, 0.2) is 48.5 Å². The summed E-state index contributed by atoms with van der Waals surface area (Å²) < 4.78 is 0. The highest BCUT2D eigenvalue weighted by Gasteiger charge is 2.31. The number of hydrogen-bond donors (Lipinski definition) is 2. The largest absolute Gasteiger partial charge is 0.389 e. The van der Waals surface area contributed by atoms with Gasteiger partial charge in [0.15, 0.2) is 5.78 Å². The average molecular weight is 450 g/mol. The third-order valence-electron chi connectivity index (χ3n) is 5.65. The van der Waals surface area contributed by atoms with Crippen molar-refractivity contribution in [2.75, 3.05) is 6.61 Å². The number of aromatic nitrogens is 4. The summed E-state index contributed by atoms with van der Waals surface area (Å²) in [5.41, 5.74) is 3.73. The first-order valence-corrected chi connectivity index (χ1v) is 11.3. The van der Waals surface area contributed by atoms with Crippen LogP contribution in [0.4, 0.5) is 0 Å². The van der Waals surface area contributed by atoms with Crippen molar-refractivity contribution in [1.29, 1.82) is 0 Å². The molecule has 1 amide bonds. The number of H-pyrrole nitrogens is 1. The highest BCUT2D eigenvalue weighted by Crippen LogP contribution is 2.30. The predicted octanol–water partition coefficient (Wildman–Crippen LogP) is 3.64. The first-order valence-electron chi connectivity index (χ1n) is 11.3. The zero-order chi connectivity index (χ0) is 23.8. The normalized spacial score (nSPS) is 12.0. The summed E-state index contributed by atoms with van der Waals surface area (Å²) in [6.07, 6.45) is 2.04. The molecule has 0 aliphatic carbocycles. The van der Waals surface area contributed by atoms with Gasteiger partial charge >= 0.3 is 0 Å². The summed E-state index contributed by atoms with van der Waals surface area (Å²) >= 11 is 0. The third kappa shape index (κ3) is 5.90. The number of benzene rings is 2. The molecule has 1 atom stereocenters. The van der Waals surface area contributed by atoms with E-state index in [1.807, 2.05) is 69.3 Å². The molecule has 0 bridgehead atoms. The van der Waals surface area contributed by atoms with Gasteiger partial charge in [-0.05, 0) is 34.2 Å². The number of aromatic amines is 1. The fourth-order valence-corrected chi connectivity index (χ4v) is 4.00. The number of carbonyl (C=O) groups excluding carboxylic acids is 2. The maximum Gasteiger partial charge on any atom is 0.223 e. The lowest BCUT2D eigenvalue weighted by molar-refractivity contribution is -0.143. The number of Topliss-reactive ketones (excluding diaryl/α,β-unsaturated/α-hetero) is 1. The Balaban J connectivity index is 1.88. The summed E-state index contributed by atoms with van der Waals surface area (Å²) in [4.78, 5) is 27.1. The summed E-state index contributed by atoms with van der Waals surface area (Å²) in [6, 6.07) is 15.1. The van der Waals surface area contributed by atoms with Crippen molar-refractivity contribution in [2.45, 2.75) is 52.6 Å². The standard InChI is InChI=1S/C25H31N5O3/c1-4-5-10-23(33)30(24(17(2)3)22(32)16-31)15-18-11-13-19(14-12-18)20-8-6-7-9-21(20)25-26-28-29-27-25/h6-9,11-14,17,24,31H,4-5,10,15-16H2,1-3H3,(H,26,27,28,29)/t24-/m0/s1. The Hall–Kier alpha value is -3.39. The van der Waals surface area contributed by atoms with Crippen LogP contribution in [0.3, 0.4) is 0 Å². The SMILES string of the molecule is CCCCC(=O)N(Cc1ccc(-c2ccccc2-c2nn[nH]n2)cc1)[C@H](C(=O)CO)C(C)C. The van der Waals surface area contributed by atoms with Crippen LogP contribution in [0.1, 0.15) is 45.6 Å². The monoisotopic (exact) mass is 449 g/mol. The quantitative estimate of drug-likeness (QED) is 0.462. The Labute approximate surface area is 194 Å². The second-order valence-corrected chi connectivity index (χ2v) is 8.42. The van der Waals surface area contributed by atoms with E-state index in [-0.39, 0.29) is 17.6 Å². The van der Waals surface area contributed by atoms with Crippen LogP contribution < -0.4 is 0 Å². The molecule has 1 heterocycles. The molecule has 1 aromatic heterocycles. The number of aliphatic hydroxyl groups excluding tert-OH is 1. The summed E-state index contributed by atoms with van der Waals surface area (Å²) in [5, 5.41) is 23.8. The minimum Gasteiger partial charge on any atom is -0.389 e. The lowest BCUT2D eigenvalue weighted by Crippen LogP contribution is -2.48. The molecule has 8 heteroatoms. The highest BCUT2D eigenvalue weighted by molar-refractivity contribution is 5.90. The molecule has 0 aliphatic rings. The van der Waals surface area contributed by atoms with Crippen LogP contribution in [0.25, 0.3) is 22.5 Å². The Morgan fingerprint density at radius 3 is 2.33 bits per heavy atom. The van der Waals surface area contributed by atoms with E-state index in [2.05, 4.69) is 20.6 Å². The van der Waals surface area contributed by atoms with Crippen LogP contribution in [-0.2, 0) is 16.1 Å². The fraction of sp³-hybridized carbons (Fsp3) is 0.400. The summed E-state index contributed by atoms with van der Waals surface area (Å²) in [5.74, 6) is 0.0189. The van der Waals surface area contributed by atoms with E-state index in [1.165, 1.54) is 0 Å². The van der Waals surface area contributed by atoms with Crippen molar-refractivity contribution >= 4 is 11.7 Å². The van der Waals surface area contributed by atoms with Crippen LogP contribution in [0.5, 0.6) is 0 Å². The molecule has 0 spiro atoms. The number of amides is 1. The summed E-state index contributed by atoms with van der Waals surface area (Å²) in [7, 11) is 0. The van der Waals surface area contributed by atoms with E-state index in [0.717, 1.165) is 35.1 Å². The first kappa shape index (κ1) is 24.3. The van der Waals surface area contributed by atoms with Gasteiger partial charge in [-0.15, -0.1) is 10.2 Å². The van der Waals surface area contributed by atoms with Gasteiger partial charge in [-0.2, -0.15) is 5.21 Å². The molecule has 2 N–H and O–H groups in total. The molecule has 33 heavy (non-hydrogen) atoms. The molecule has 0 unspecified atom stereocenters. The van der Waals surface area contributed by atoms with Crippen LogP contribution in [0.2, 0.25) is 0 Å². The zero-order valence-electron chi connectivity index (χ0n) is 19.4. The van der Waals surface area contributed by atoms with Gasteiger partial charge in [0.2, 0.25) is 11.7 Å². The van der Waals surface area contributed by atoms with E-state index in [4.69, 9.17) is 0 Å². The predicted molar refractivity (Wildman–Crippen MR) is 126 cm³/mol. The Bertz CT molecular complexity index is 1050. The van der Waals surface area contributed by atoms with Gasteiger partial charge in [0.25, 0.3) is 0 Å².